The number of likely N-dealkylation sites (tertiary alicyclic amines) is 1. The van der Waals surface area contributed by atoms with E-state index in [4.69, 9.17) is 0 Å². The van der Waals surface area contributed by atoms with Gasteiger partial charge >= 0.3 is 0 Å². The first kappa shape index (κ1) is 22.7. The Morgan fingerprint density at radius 1 is 1.11 bits per heavy atom. The van der Waals surface area contributed by atoms with Crippen molar-refractivity contribution in [2.75, 3.05) is 36.7 Å². The van der Waals surface area contributed by atoms with E-state index < -0.39 is 16.1 Å². The molecule has 1 aliphatic rings. The normalized spacial score (nSPS) is 17.0. The second kappa shape index (κ2) is 10.3. The molecule has 1 heterocycles. The number of nitrogens with one attached hydrogen (secondary N) is 1. The second-order valence-corrected chi connectivity index (χ2v) is 9.84. The maximum Gasteiger partial charge on any atom is 0.243 e. The summed E-state index contributed by atoms with van der Waals surface area (Å²) in [5, 5.41) is 2.92. The number of carbonyl (C=O) groups is 1. The van der Waals surface area contributed by atoms with Crippen LogP contribution in [0.3, 0.4) is 0 Å². The number of anilines is 1. The molecule has 1 N–H and O–H groups in total. The van der Waals surface area contributed by atoms with Gasteiger partial charge in [0, 0.05) is 6.54 Å². The van der Waals surface area contributed by atoms with Crippen LogP contribution < -0.4 is 9.62 Å². The lowest BCUT2D eigenvalue weighted by Gasteiger charge is -2.29. The number of amides is 1. The van der Waals surface area contributed by atoms with Gasteiger partial charge < -0.3 is 10.2 Å². The molecular weight excluding hydrogens is 374 g/mol. The predicted molar refractivity (Wildman–Crippen MR) is 115 cm³/mol. The summed E-state index contributed by atoms with van der Waals surface area (Å²) in [7, 11) is -3.58. The molecule has 28 heavy (non-hydrogen) atoms. The Labute approximate surface area is 170 Å². The summed E-state index contributed by atoms with van der Waals surface area (Å²) in [5.41, 5.74) is 2.47. The summed E-state index contributed by atoms with van der Waals surface area (Å²) in [6.45, 7) is 9.29. The Bertz CT molecular complexity index is 736. The smallest absolute Gasteiger partial charge is 0.243 e. The zero-order valence-corrected chi connectivity index (χ0v) is 18.5. The van der Waals surface area contributed by atoms with Crippen molar-refractivity contribution in [3.05, 3.63) is 29.3 Å². The highest BCUT2D eigenvalue weighted by atomic mass is 32.2. The zero-order valence-electron chi connectivity index (χ0n) is 17.7. The number of carbonyl (C=O) groups excluding carboxylic acids is 1. The molecule has 1 saturated heterocycles. The molecule has 1 atom stereocenters. The van der Waals surface area contributed by atoms with Gasteiger partial charge in [-0.15, -0.1) is 0 Å². The van der Waals surface area contributed by atoms with E-state index in [9.17, 15) is 13.2 Å². The molecule has 6 nitrogen and oxygen atoms in total. The molecule has 158 valence electrons. The Balaban J connectivity index is 1.95. The molecule has 0 radical (unpaired) electrons. The highest BCUT2D eigenvalue weighted by Gasteiger charge is 2.29. The van der Waals surface area contributed by atoms with Gasteiger partial charge in [-0.2, -0.15) is 0 Å². The molecule has 1 amide bonds. The third-order valence-electron chi connectivity index (χ3n) is 5.20. The van der Waals surface area contributed by atoms with Crippen molar-refractivity contribution in [2.45, 2.75) is 58.9 Å². The van der Waals surface area contributed by atoms with E-state index in [1.807, 2.05) is 19.9 Å². The van der Waals surface area contributed by atoms with E-state index >= 15 is 0 Å². The van der Waals surface area contributed by atoms with E-state index in [1.165, 1.54) is 30.0 Å². The number of aryl methyl sites for hydroxylation is 2. The standard InChI is InChI=1S/C21H35N3O3S/c1-17-14-18(2)16-20(15-17)24(28(4,26)27)19(3)21(25)22-10-9-13-23-11-7-5-6-8-12-23/h14-16,19H,5-13H2,1-4H3,(H,22,25)/t19-/m0/s1. The fourth-order valence-electron chi connectivity index (χ4n) is 3.91. The first-order valence-corrected chi connectivity index (χ1v) is 12.1. The summed E-state index contributed by atoms with van der Waals surface area (Å²) in [5.74, 6) is -0.263. The Kier molecular flexibility index (Phi) is 8.31. The van der Waals surface area contributed by atoms with Crippen molar-refractivity contribution in [3.63, 3.8) is 0 Å². The molecule has 0 saturated carbocycles. The van der Waals surface area contributed by atoms with Gasteiger partial charge in [0.05, 0.1) is 11.9 Å². The molecule has 0 aliphatic carbocycles. The van der Waals surface area contributed by atoms with Crippen LogP contribution in [-0.4, -0.2) is 57.7 Å². The fraction of sp³-hybridized carbons (Fsp3) is 0.667. The van der Waals surface area contributed by atoms with Crippen LogP contribution >= 0.6 is 0 Å². The molecule has 0 spiro atoms. The molecule has 0 bridgehead atoms. The van der Waals surface area contributed by atoms with Gasteiger partial charge in [-0.3, -0.25) is 9.10 Å². The van der Waals surface area contributed by atoms with Crippen molar-refractivity contribution >= 4 is 21.6 Å². The second-order valence-electron chi connectivity index (χ2n) is 7.98. The highest BCUT2D eigenvalue weighted by Crippen LogP contribution is 2.23. The third kappa shape index (κ3) is 6.78. The number of hydrogen-bond donors (Lipinski definition) is 1. The lowest BCUT2D eigenvalue weighted by Crippen LogP contribution is -2.48. The molecular formula is C21H35N3O3S. The molecule has 1 aliphatic heterocycles. The summed E-state index contributed by atoms with van der Waals surface area (Å²) in [4.78, 5) is 15.1. The van der Waals surface area contributed by atoms with Crippen LogP contribution in [0.25, 0.3) is 0 Å². The number of benzene rings is 1. The van der Waals surface area contributed by atoms with Gasteiger partial charge in [-0.1, -0.05) is 18.9 Å². The third-order valence-corrected chi connectivity index (χ3v) is 6.44. The first-order valence-electron chi connectivity index (χ1n) is 10.3. The number of rotatable bonds is 8. The summed E-state index contributed by atoms with van der Waals surface area (Å²) >= 11 is 0. The molecule has 1 aromatic carbocycles. The maximum absolute atomic E-state index is 12.6. The van der Waals surface area contributed by atoms with Crippen molar-refractivity contribution < 1.29 is 13.2 Å². The van der Waals surface area contributed by atoms with Crippen LogP contribution in [0.2, 0.25) is 0 Å². The predicted octanol–water partition coefficient (Wildman–Crippen LogP) is 2.84. The van der Waals surface area contributed by atoms with Gasteiger partial charge in [-0.25, -0.2) is 8.42 Å². The quantitative estimate of drug-likeness (QED) is 0.671. The maximum atomic E-state index is 12.6. The minimum Gasteiger partial charge on any atom is -0.354 e. The van der Waals surface area contributed by atoms with E-state index in [0.717, 1.165) is 43.4 Å². The molecule has 0 unspecified atom stereocenters. The molecule has 7 heteroatoms. The van der Waals surface area contributed by atoms with Gasteiger partial charge in [0.2, 0.25) is 15.9 Å². The van der Waals surface area contributed by atoms with Crippen LogP contribution in [0.1, 0.15) is 50.2 Å². The van der Waals surface area contributed by atoms with Gasteiger partial charge in [0.1, 0.15) is 6.04 Å². The van der Waals surface area contributed by atoms with Crippen molar-refractivity contribution in [1.82, 2.24) is 10.2 Å². The zero-order chi connectivity index (χ0) is 20.7. The Morgan fingerprint density at radius 3 is 2.21 bits per heavy atom. The van der Waals surface area contributed by atoms with E-state index in [2.05, 4.69) is 10.2 Å². The van der Waals surface area contributed by atoms with Crippen molar-refractivity contribution in [1.29, 1.82) is 0 Å². The minimum atomic E-state index is -3.58. The number of nitrogens with zero attached hydrogens (tertiary/aromatic N) is 2. The summed E-state index contributed by atoms with van der Waals surface area (Å²) in [6.07, 6.45) is 7.15. The van der Waals surface area contributed by atoms with E-state index in [-0.39, 0.29) is 5.91 Å². The van der Waals surface area contributed by atoms with Crippen molar-refractivity contribution in [2.24, 2.45) is 0 Å². The first-order chi connectivity index (χ1) is 13.2. The lowest BCUT2D eigenvalue weighted by atomic mass is 10.1. The fourth-order valence-corrected chi connectivity index (χ4v) is 5.07. The van der Waals surface area contributed by atoms with Crippen LogP contribution in [0, 0.1) is 13.8 Å². The van der Waals surface area contributed by atoms with Crippen molar-refractivity contribution in [3.8, 4) is 0 Å². The number of hydrogen-bond acceptors (Lipinski definition) is 4. The molecule has 0 aromatic heterocycles. The molecule has 1 fully saturated rings. The van der Waals surface area contributed by atoms with Crippen LogP contribution in [0.4, 0.5) is 5.69 Å². The Hall–Kier alpha value is -1.60. The monoisotopic (exact) mass is 409 g/mol. The summed E-state index contributed by atoms with van der Waals surface area (Å²) < 4.78 is 26.0. The van der Waals surface area contributed by atoms with Gasteiger partial charge in [0.25, 0.3) is 0 Å². The average molecular weight is 410 g/mol. The Morgan fingerprint density at radius 2 is 1.68 bits per heavy atom. The highest BCUT2D eigenvalue weighted by molar-refractivity contribution is 7.92. The van der Waals surface area contributed by atoms with E-state index in [0.29, 0.717) is 12.2 Å². The average Bonchev–Trinajstić information content (AvgIpc) is 2.85. The molecule has 1 aromatic rings. The van der Waals surface area contributed by atoms with Crippen LogP contribution in [0.15, 0.2) is 18.2 Å². The minimum absolute atomic E-state index is 0.263. The largest absolute Gasteiger partial charge is 0.354 e. The van der Waals surface area contributed by atoms with Gasteiger partial charge in [-0.05, 0) is 82.9 Å². The molecule has 2 rings (SSSR count). The topological polar surface area (TPSA) is 69.7 Å². The van der Waals surface area contributed by atoms with Gasteiger partial charge in [0.15, 0.2) is 0 Å². The SMILES string of the molecule is Cc1cc(C)cc(N([C@@H](C)C(=O)NCCCN2CCCCCC2)S(C)(=O)=O)c1. The lowest BCUT2D eigenvalue weighted by molar-refractivity contribution is -0.121. The van der Waals surface area contributed by atoms with Crippen LogP contribution in [0.5, 0.6) is 0 Å². The van der Waals surface area contributed by atoms with E-state index in [1.54, 1.807) is 19.1 Å². The van der Waals surface area contributed by atoms with Crippen LogP contribution in [-0.2, 0) is 14.8 Å². The summed E-state index contributed by atoms with van der Waals surface area (Å²) in [6, 6.07) is 4.79. The number of sulfonamides is 1.